The molecule has 0 spiro atoms. The molecule has 9 heteroatoms. The highest BCUT2D eigenvalue weighted by molar-refractivity contribution is 7.46. The Kier molecular flexibility index (Phi) is 37.0. The van der Waals surface area contributed by atoms with E-state index in [4.69, 9.17) is 19.3 Å². The summed E-state index contributed by atoms with van der Waals surface area (Å²) >= 11 is 0. The lowest BCUT2D eigenvalue weighted by Crippen LogP contribution is -2.29. The van der Waals surface area contributed by atoms with Crippen LogP contribution in [0.15, 0.2) is 109 Å². The average Bonchev–Trinajstić information content (AvgIpc) is 3.14. The lowest BCUT2D eigenvalue weighted by atomic mass is 10.1. The van der Waals surface area contributed by atoms with Crippen LogP contribution in [0.25, 0.3) is 0 Å². The average molecular weight is 771 g/mol. The first-order valence-corrected chi connectivity index (χ1v) is 21.7. The van der Waals surface area contributed by atoms with E-state index >= 15 is 0 Å². The van der Waals surface area contributed by atoms with E-state index in [-0.39, 0.29) is 19.4 Å². The number of esters is 2. The van der Waals surface area contributed by atoms with Gasteiger partial charge in [0, 0.05) is 6.42 Å². The van der Waals surface area contributed by atoms with Gasteiger partial charge in [-0.1, -0.05) is 162 Å². The molecule has 54 heavy (non-hydrogen) atoms. The molecule has 0 heterocycles. The zero-order chi connectivity index (χ0) is 39.6. The number of phosphoric ester groups is 1. The third-order valence-corrected chi connectivity index (χ3v) is 8.31. The first-order valence-electron chi connectivity index (χ1n) is 20.2. The summed E-state index contributed by atoms with van der Waals surface area (Å²) < 4.78 is 26.2. The fourth-order valence-corrected chi connectivity index (χ4v) is 5.27. The van der Waals surface area contributed by atoms with Gasteiger partial charge in [-0.15, -0.1) is 0 Å². The van der Waals surface area contributed by atoms with Gasteiger partial charge in [0.05, 0.1) is 13.0 Å². The predicted molar refractivity (Wildman–Crippen MR) is 225 cm³/mol. The molecule has 0 fully saturated rings. The molecule has 0 saturated heterocycles. The second-order valence-corrected chi connectivity index (χ2v) is 14.1. The lowest BCUT2D eigenvalue weighted by Gasteiger charge is -2.18. The number of ether oxygens (including phenoxy) is 2. The summed E-state index contributed by atoms with van der Waals surface area (Å²) in [6.45, 7) is 3.35. The van der Waals surface area contributed by atoms with Gasteiger partial charge in [0.25, 0.3) is 0 Å². The number of allylic oxidation sites excluding steroid dienone is 17. The Balaban J connectivity index is 4.07. The first kappa shape index (κ1) is 50.7. The maximum Gasteiger partial charge on any atom is 0.469 e. The van der Waals surface area contributed by atoms with Gasteiger partial charge < -0.3 is 19.3 Å². The number of phosphoric acid groups is 1. The summed E-state index contributed by atoms with van der Waals surface area (Å²) in [5.74, 6) is -1.05. The number of unbranched alkanes of at least 4 members (excludes halogenated alkanes) is 8. The normalized spacial score (nSPS) is 13.6. The Bertz CT molecular complexity index is 1230. The Morgan fingerprint density at radius 1 is 0.500 bits per heavy atom. The minimum atomic E-state index is -4.79. The van der Waals surface area contributed by atoms with E-state index in [0.717, 1.165) is 77.0 Å². The van der Waals surface area contributed by atoms with Crippen LogP contribution in [0.2, 0.25) is 0 Å². The summed E-state index contributed by atoms with van der Waals surface area (Å²) in [4.78, 5) is 42.7. The molecule has 0 amide bonds. The van der Waals surface area contributed by atoms with Crippen LogP contribution < -0.4 is 0 Å². The number of carbonyl (C=O) groups excluding carboxylic acids is 2. The van der Waals surface area contributed by atoms with Crippen molar-refractivity contribution < 1.29 is 37.9 Å². The molecule has 304 valence electrons. The SMILES string of the molecule is CC/C=C\C/C=C\C/C=C\C/C=C\C/C=C\CC(=O)OC(COC(=O)CCCCCCCCCC/C=C\C/C=C\C/C=C\C/C=C\CC)COP(=O)(O)O. The van der Waals surface area contributed by atoms with E-state index in [1.165, 1.54) is 25.7 Å². The summed E-state index contributed by atoms with van der Waals surface area (Å²) in [5.41, 5.74) is 0. The number of carbonyl (C=O) groups is 2. The van der Waals surface area contributed by atoms with Gasteiger partial charge in [-0.3, -0.25) is 14.1 Å². The molecule has 0 rings (SSSR count). The van der Waals surface area contributed by atoms with Crippen LogP contribution in [0.3, 0.4) is 0 Å². The van der Waals surface area contributed by atoms with Gasteiger partial charge in [-0.25, -0.2) is 4.57 Å². The standard InChI is InChI=1S/C45H71O8P/c1-3-5-7-9-11-13-15-17-19-20-21-22-23-24-26-27-29-31-33-35-37-39-44(46)51-41-43(42-52-54(48,49)50)53-45(47)40-38-36-34-32-30-28-25-18-16-14-12-10-8-6-4-2/h5-8,11-14,17-19,21-22,25,30,32,36,38,43H,3-4,9-10,15-16,20,23-24,26-29,31,33-35,37,39-42H2,1-2H3,(H2,48,49,50)/b7-5-,8-6-,13-11-,14-12-,19-17-,22-21-,25-18-,32-30-,38-36-. The summed E-state index contributed by atoms with van der Waals surface area (Å²) in [6.07, 6.45) is 55.5. The molecule has 0 aromatic heterocycles. The van der Waals surface area contributed by atoms with E-state index in [0.29, 0.717) is 12.8 Å². The molecular formula is C45H71O8P. The number of hydrogen-bond acceptors (Lipinski definition) is 6. The molecule has 0 aliphatic rings. The quantitative estimate of drug-likeness (QED) is 0.0283. The van der Waals surface area contributed by atoms with E-state index in [1.807, 2.05) is 18.2 Å². The molecule has 0 saturated carbocycles. The Labute approximate surface area is 327 Å². The Morgan fingerprint density at radius 2 is 0.889 bits per heavy atom. The van der Waals surface area contributed by atoms with Crippen molar-refractivity contribution in [1.29, 1.82) is 0 Å². The number of rotatable bonds is 35. The van der Waals surface area contributed by atoms with Crippen molar-refractivity contribution in [1.82, 2.24) is 0 Å². The van der Waals surface area contributed by atoms with Crippen molar-refractivity contribution in [2.24, 2.45) is 0 Å². The van der Waals surface area contributed by atoms with Crippen molar-refractivity contribution in [3.05, 3.63) is 109 Å². The smallest absolute Gasteiger partial charge is 0.462 e. The van der Waals surface area contributed by atoms with Gasteiger partial charge >= 0.3 is 19.8 Å². The van der Waals surface area contributed by atoms with Crippen LogP contribution in [-0.4, -0.2) is 41.0 Å². The maximum absolute atomic E-state index is 12.3. The highest BCUT2D eigenvalue weighted by atomic mass is 31.2. The van der Waals surface area contributed by atoms with Gasteiger partial charge in [0.2, 0.25) is 0 Å². The lowest BCUT2D eigenvalue weighted by molar-refractivity contribution is -0.160. The van der Waals surface area contributed by atoms with Gasteiger partial charge in [0.1, 0.15) is 6.61 Å². The van der Waals surface area contributed by atoms with Gasteiger partial charge in [-0.2, -0.15) is 0 Å². The van der Waals surface area contributed by atoms with Gasteiger partial charge in [-0.05, 0) is 77.0 Å². The van der Waals surface area contributed by atoms with Crippen LogP contribution in [0.4, 0.5) is 0 Å². The molecule has 0 aliphatic heterocycles. The van der Waals surface area contributed by atoms with Crippen LogP contribution >= 0.6 is 7.82 Å². The molecule has 0 radical (unpaired) electrons. The highest BCUT2D eigenvalue weighted by Crippen LogP contribution is 2.35. The molecular weight excluding hydrogens is 699 g/mol. The minimum Gasteiger partial charge on any atom is -0.462 e. The van der Waals surface area contributed by atoms with Crippen molar-refractivity contribution >= 4 is 19.8 Å². The fraction of sp³-hybridized carbons (Fsp3) is 0.556. The van der Waals surface area contributed by atoms with Crippen LogP contribution in [0, 0.1) is 0 Å². The summed E-state index contributed by atoms with van der Waals surface area (Å²) in [6, 6.07) is 0. The zero-order valence-electron chi connectivity index (χ0n) is 33.3. The second-order valence-electron chi connectivity index (χ2n) is 12.9. The second kappa shape index (κ2) is 39.4. The first-order chi connectivity index (χ1) is 26.3. The summed E-state index contributed by atoms with van der Waals surface area (Å²) in [5, 5.41) is 0. The molecule has 1 unspecified atom stereocenters. The Hall–Kier alpha value is -3.29. The van der Waals surface area contributed by atoms with E-state index < -0.39 is 32.5 Å². The highest BCUT2D eigenvalue weighted by Gasteiger charge is 2.22. The van der Waals surface area contributed by atoms with Gasteiger partial charge in [0.15, 0.2) is 6.10 Å². The minimum absolute atomic E-state index is 0.0286. The molecule has 0 bridgehead atoms. The van der Waals surface area contributed by atoms with Crippen molar-refractivity contribution in [2.45, 2.75) is 148 Å². The summed E-state index contributed by atoms with van der Waals surface area (Å²) in [7, 11) is -4.79. The molecule has 1 atom stereocenters. The monoisotopic (exact) mass is 770 g/mol. The molecule has 0 aromatic carbocycles. The molecule has 2 N–H and O–H groups in total. The van der Waals surface area contributed by atoms with Crippen molar-refractivity contribution in [3.63, 3.8) is 0 Å². The largest absolute Gasteiger partial charge is 0.469 e. The Morgan fingerprint density at radius 3 is 1.33 bits per heavy atom. The maximum atomic E-state index is 12.3. The third-order valence-electron chi connectivity index (χ3n) is 7.82. The molecule has 0 aromatic rings. The van der Waals surface area contributed by atoms with E-state index in [1.54, 1.807) is 6.08 Å². The van der Waals surface area contributed by atoms with Crippen LogP contribution in [0.1, 0.15) is 142 Å². The van der Waals surface area contributed by atoms with Crippen LogP contribution in [0.5, 0.6) is 0 Å². The molecule has 8 nitrogen and oxygen atoms in total. The van der Waals surface area contributed by atoms with Crippen molar-refractivity contribution in [2.75, 3.05) is 13.2 Å². The van der Waals surface area contributed by atoms with E-state index in [9.17, 15) is 14.2 Å². The number of hydrogen-bond donors (Lipinski definition) is 2. The zero-order valence-corrected chi connectivity index (χ0v) is 34.2. The van der Waals surface area contributed by atoms with E-state index in [2.05, 4.69) is 103 Å². The van der Waals surface area contributed by atoms with Crippen molar-refractivity contribution in [3.8, 4) is 0 Å². The topological polar surface area (TPSA) is 119 Å². The van der Waals surface area contributed by atoms with Crippen LogP contribution in [-0.2, 0) is 28.2 Å². The molecule has 0 aliphatic carbocycles. The fourth-order valence-electron chi connectivity index (χ4n) is 4.91. The third kappa shape index (κ3) is 41.5. The predicted octanol–water partition coefficient (Wildman–Crippen LogP) is 12.4.